The first-order valence-electron chi connectivity index (χ1n) is 5.32. The molecule has 84 valence electrons. The van der Waals surface area contributed by atoms with Crippen LogP contribution in [0.1, 0.15) is 5.69 Å². The Labute approximate surface area is 103 Å². The molecule has 0 fully saturated rings. The molecular formula is C13H10ClN3. The van der Waals surface area contributed by atoms with E-state index in [1.165, 1.54) is 0 Å². The topological polar surface area (TPSA) is 41.6 Å². The molecular weight excluding hydrogens is 234 g/mol. The van der Waals surface area contributed by atoms with E-state index in [1.54, 1.807) is 0 Å². The number of halogens is 1. The Bertz CT molecular complexity index is 688. The molecule has 3 rings (SSSR count). The molecule has 0 unspecified atom stereocenters. The number of hydrogen-bond acceptors (Lipinski definition) is 2. The second kappa shape index (κ2) is 3.86. The van der Waals surface area contributed by atoms with E-state index in [0.29, 0.717) is 5.02 Å². The first-order chi connectivity index (χ1) is 8.22. The van der Waals surface area contributed by atoms with Crippen LogP contribution >= 0.6 is 11.6 Å². The number of fused-ring (bicyclic) bond motifs is 1. The van der Waals surface area contributed by atoms with Crippen molar-refractivity contribution in [2.75, 3.05) is 0 Å². The van der Waals surface area contributed by atoms with Gasteiger partial charge in [0.2, 0.25) is 0 Å². The Morgan fingerprint density at radius 2 is 2.00 bits per heavy atom. The first kappa shape index (κ1) is 10.3. The maximum atomic E-state index is 5.96. The van der Waals surface area contributed by atoms with Crippen LogP contribution in [0, 0.1) is 6.92 Å². The van der Waals surface area contributed by atoms with Crippen LogP contribution in [0.25, 0.3) is 22.6 Å². The largest absolute Gasteiger partial charge is 0.337 e. The van der Waals surface area contributed by atoms with Gasteiger partial charge in [0.1, 0.15) is 5.82 Å². The van der Waals surface area contributed by atoms with Gasteiger partial charge in [-0.1, -0.05) is 23.7 Å². The van der Waals surface area contributed by atoms with Gasteiger partial charge in [0.05, 0.1) is 5.52 Å². The number of aryl methyl sites for hydroxylation is 1. The summed E-state index contributed by atoms with van der Waals surface area (Å²) in [5, 5.41) is 0.701. The molecule has 0 atom stereocenters. The molecule has 1 aromatic carbocycles. The SMILES string of the molecule is Cc1ccc2[nH]c(-c3cccc(Cl)c3)nc2n1. The highest BCUT2D eigenvalue weighted by Crippen LogP contribution is 2.22. The molecule has 0 amide bonds. The second-order valence-electron chi connectivity index (χ2n) is 3.92. The number of imidazole rings is 1. The van der Waals surface area contributed by atoms with E-state index < -0.39 is 0 Å². The molecule has 2 heterocycles. The normalized spacial score (nSPS) is 10.9. The number of H-pyrrole nitrogens is 1. The highest BCUT2D eigenvalue weighted by Gasteiger charge is 2.06. The Morgan fingerprint density at radius 1 is 1.12 bits per heavy atom. The van der Waals surface area contributed by atoms with E-state index in [4.69, 9.17) is 11.6 Å². The minimum atomic E-state index is 0.701. The van der Waals surface area contributed by atoms with Crippen molar-refractivity contribution in [2.24, 2.45) is 0 Å². The van der Waals surface area contributed by atoms with Crippen molar-refractivity contribution in [1.82, 2.24) is 15.0 Å². The lowest BCUT2D eigenvalue weighted by Crippen LogP contribution is -1.81. The molecule has 0 aliphatic rings. The van der Waals surface area contributed by atoms with Crippen molar-refractivity contribution < 1.29 is 0 Å². The first-order valence-corrected chi connectivity index (χ1v) is 5.69. The lowest BCUT2D eigenvalue weighted by Gasteiger charge is -1.95. The summed E-state index contributed by atoms with van der Waals surface area (Å²) in [4.78, 5) is 12.1. The monoisotopic (exact) mass is 243 g/mol. The summed E-state index contributed by atoms with van der Waals surface area (Å²) in [6.45, 7) is 1.95. The predicted molar refractivity (Wildman–Crippen MR) is 69.1 cm³/mol. The summed E-state index contributed by atoms with van der Waals surface area (Å²) in [7, 11) is 0. The van der Waals surface area contributed by atoms with Gasteiger partial charge in [-0.3, -0.25) is 0 Å². The van der Waals surface area contributed by atoms with Crippen molar-refractivity contribution in [3.63, 3.8) is 0 Å². The van der Waals surface area contributed by atoms with Crippen LogP contribution in [0.4, 0.5) is 0 Å². The molecule has 1 N–H and O–H groups in total. The van der Waals surface area contributed by atoms with Crippen LogP contribution in [0.3, 0.4) is 0 Å². The second-order valence-corrected chi connectivity index (χ2v) is 4.36. The number of pyridine rings is 1. The Kier molecular flexibility index (Phi) is 2.34. The Morgan fingerprint density at radius 3 is 2.82 bits per heavy atom. The molecule has 0 spiro atoms. The third-order valence-corrected chi connectivity index (χ3v) is 2.82. The van der Waals surface area contributed by atoms with Crippen molar-refractivity contribution >= 4 is 22.8 Å². The van der Waals surface area contributed by atoms with Crippen molar-refractivity contribution in [2.45, 2.75) is 6.92 Å². The van der Waals surface area contributed by atoms with Gasteiger partial charge in [0.25, 0.3) is 0 Å². The van der Waals surface area contributed by atoms with Crippen LogP contribution in [0.5, 0.6) is 0 Å². The quantitative estimate of drug-likeness (QED) is 0.710. The number of hydrogen-bond donors (Lipinski definition) is 1. The molecule has 0 aliphatic carbocycles. The summed E-state index contributed by atoms with van der Waals surface area (Å²) in [5.41, 5.74) is 3.60. The Balaban J connectivity index is 2.18. The van der Waals surface area contributed by atoms with E-state index in [9.17, 15) is 0 Å². The lowest BCUT2D eigenvalue weighted by atomic mass is 10.2. The number of nitrogens with zero attached hydrogens (tertiary/aromatic N) is 2. The van der Waals surface area contributed by atoms with Gasteiger partial charge < -0.3 is 4.98 Å². The standard InChI is InChI=1S/C13H10ClN3/c1-8-5-6-11-13(15-8)17-12(16-11)9-3-2-4-10(14)7-9/h2-7H,1H3,(H,15,16,17). The third-order valence-electron chi connectivity index (χ3n) is 2.58. The molecule has 17 heavy (non-hydrogen) atoms. The smallest absolute Gasteiger partial charge is 0.178 e. The van der Waals surface area contributed by atoms with Gasteiger partial charge in [-0.2, -0.15) is 0 Å². The molecule has 2 aromatic heterocycles. The fourth-order valence-electron chi connectivity index (χ4n) is 1.76. The summed E-state index contributed by atoms with van der Waals surface area (Å²) >= 11 is 5.96. The van der Waals surface area contributed by atoms with E-state index in [0.717, 1.165) is 28.2 Å². The van der Waals surface area contributed by atoms with Gasteiger partial charge >= 0.3 is 0 Å². The van der Waals surface area contributed by atoms with E-state index in [-0.39, 0.29) is 0 Å². The van der Waals surface area contributed by atoms with Crippen molar-refractivity contribution in [1.29, 1.82) is 0 Å². The zero-order valence-electron chi connectivity index (χ0n) is 9.24. The average Bonchev–Trinajstić information content (AvgIpc) is 2.72. The molecule has 0 aliphatic heterocycles. The van der Waals surface area contributed by atoms with Crippen molar-refractivity contribution in [3.05, 3.63) is 47.1 Å². The number of aromatic amines is 1. The van der Waals surface area contributed by atoms with Gasteiger partial charge in [0, 0.05) is 16.3 Å². The zero-order valence-corrected chi connectivity index (χ0v) is 9.99. The molecule has 3 nitrogen and oxygen atoms in total. The van der Waals surface area contributed by atoms with Gasteiger partial charge in [-0.25, -0.2) is 9.97 Å². The fourth-order valence-corrected chi connectivity index (χ4v) is 1.95. The average molecular weight is 244 g/mol. The van der Waals surface area contributed by atoms with Crippen LogP contribution < -0.4 is 0 Å². The lowest BCUT2D eigenvalue weighted by molar-refractivity contribution is 1.22. The highest BCUT2D eigenvalue weighted by molar-refractivity contribution is 6.30. The summed E-state index contributed by atoms with van der Waals surface area (Å²) in [5.74, 6) is 0.792. The zero-order chi connectivity index (χ0) is 11.8. The molecule has 3 aromatic rings. The minimum absolute atomic E-state index is 0.701. The van der Waals surface area contributed by atoms with Crippen LogP contribution in [-0.2, 0) is 0 Å². The highest BCUT2D eigenvalue weighted by atomic mass is 35.5. The number of aromatic nitrogens is 3. The molecule has 0 saturated heterocycles. The summed E-state index contributed by atoms with van der Waals surface area (Å²) in [6.07, 6.45) is 0. The number of rotatable bonds is 1. The summed E-state index contributed by atoms with van der Waals surface area (Å²) < 4.78 is 0. The summed E-state index contributed by atoms with van der Waals surface area (Å²) in [6, 6.07) is 11.5. The third kappa shape index (κ3) is 1.89. The molecule has 0 bridgehead atoms. The van der Waals surface area contributed by atoms with Gasteiger partial charge in [0.15, 0.2) is 5.65 Å². The Hall–Kier alpha value is -1.87. The van der Waals surface area contributed by atoms with E-state index in [1.807, 2.05) is 43.3 Å². The van der Waals surface area contributed by atoms with E-state index in [2.05, 4.69) is 15.0 Å². The van der Waals surface area contributed by atoms with E-state index >= 15 is 0 Å². The maximum Gasteiger partial charge on any atom is 0.178 e. The van der Waals surface area contributed by atoms with Gasteiger partial charge in [-0.15, -0.1) is 0 Å². The number of benzene rings is 1. The van der Waals surface area contributed by atoms with Gasteiger partial charge in [-0.05, 0) is 31.2 Å². The van der Waals surface area contributed by atoms with Crippen LogP contribution in [-0.4, -0.2) is 15.0 Å². The van der Waals surface area contributed by atoms with Crippen LogP contribution in [0.15, 0.2) is 36.4 Å². The fraction of sp³-hybridized carbons (Fsp3) is 0.0769. The van der Waals surface area contributed by atoms with Crippen molar-refractivity contribution in [3.8, 4) is 11.4 Å². The maximum absolute atomic E-state index is 5.96. The molecule has 0 saturated carbocycles. The van der Waals surface area contributed by atoms with Crippen LogP contribution in [0.2, 0.25) is 5.02 Å². The molecule has 4 heteroatoms. The predicted octanol–water partition coefficient (Wildman–Crippen LogP) is 3.59. The minimum Gasteiger partial charge on any atom is -0.337 e. The molecule has 0 radical (unpaired) electrons. The number of nitrogens with one attached hydrogen (secondary N) is 1.